The van der Waals surface area contributed by atoms with Crippen LogP contribution in [0.15, 0.2) is 48.5 Å². The maximum atomic E-state index is 12.5. The number of nitrogens with zero attached hydrogens (tertiary/aromatic N) is 1. The van der Waals surface area contributed by atoms with E-state index in [0.29, 0.717) is 24.5 Å². The monoisotopic (exact) mass is 350 g/mol. The number of urea groups is 1. The van der Waals surface area contributed by atoms with Gasteiger partial charge >= 0.3 is 6.03 Å². The van der Waals surface area contributed by atoms with Gasteiger partial charge in [-0.05, 0) is 42.5 Å². The molecular weight excluding hydrogens is 332 g/mol. The summed E-state index contributed by atoms with van der Waals surface area (Å²) in [5.41, 5.74) is 2.77. The van der Waals surface area contributed by atoms with E-state index in [0.717, 1.165) is 22.3 Å². The number of H-pyrrole nitrogens is 1. The highest BCUT2D eigenvalue weighted by atomic mass is 16.5. The summed E-state index contributed by atoms with van der Waals surface area (Å²) in [5.74, 6) is 0.500. The number of carbonyl (C=O) groups is 2. The van der Waals surface area contributed by atoms with Crippen LogP contribution in [-0.4, -0.2) is 37.1 Å². The number of rotatable bonds is 4. The Kier molecular flexibility index (Phi) is 3.96. The number of aromatic nitrogens is 1. The predicted molar refractivity (Wildman–Crippen MR) is 100.0 cm³/mol. The van der Waals surface area contributed by atoms with Crippen LogP contribution in [0, 0.1) is 0 Å². The van der Waals surface area contributed by atoms with E-state index < -0.39 is 0 Å². The number of hydrogen-bond donors (Lipinski definition) is 3. The van der Waals surface area contributed by atoms with Gasteiger partial charge in [-0.15, -0.1) is 0 Å². The molecule has 1 aromatic heterocycles. The second-order valence-electron chi connectivity index (χ2n) is 6.02. The lowest BCUT2D eigenvalue weighted by Gasteiger charge is -2.14. The third-order valence-corrected chi connectivity index (χ3v) is 4.37. The summed E-state index contributed by atoms with van der Waals surface area (Å²) in [4.78, 5) is 28.9. The predicted octanol–water partition coefficient (Wildman–Crippen LogP) is 2.96. The summed E-state index contributed by atoms with van der Waals surface area (Å²) in [6, 6.07) is 14.5. The molecule has 0 radical (unpaired) electrons. The van der Waals surface area contributed by atoms with E-state index in [2.05, 4.69) is 15.6 Å². The highest BCUT2D eigenvalue weighted by Crippen LogP contribution is 2.23. The lowest BCUT2D eigenvalue weighted by Crippen LogP contribution is -2.27. The minimum absolute atomic E-state index is 0.102. The molecule has 0 atom stereocenters. The Labute approximate surface area is 149 Å². The van der Waals surface area contributed by atoms with Crippen LogP contribution in [0.5, 0.6) is 5.75 Å². The SMILES string of the molecule is COc1ccc2cc(C(=O)Nc3ccc(N4CCNC4=O)cc3)[nH]c2c1. The molecule has 1 aliphatic rings. The molecule has 4 rings (SSSR count). The van der Waals surface area contributed by atoms with Crippen molar-refractivity contribution in [3.8, 4) is 5.75 Å². The highest BCUT2D eigenvalue weighted by Gasteiger charge is 2.20. The van der Waals surface area contributed by atoms with E-state index in [1.165, 1.54) is 0 Å². The molecule has 0 spiro atoms. The Balaban J connectivity index is 1.50. The maximum Gasteiger partial charge on any atom is 0.321 e. The van der Waals surface area contributed by atoms with Gasteiger partial charge in [-0.3, -0.25) is 9.69 Å². The van der Waals surface area contributed by atoms with Crippen LogP contribution < -0.4 is 20.3 Å². The molecule has 2 heterocycles. The molecule has 3 N–H and O–H groups in total. The second-order valence-corrected chi connectivity index (χ2v) is 6.02. The standard InChI is InChI=1S/C19H18N4O3/c1-26-15-7-2-12-10-17(22-16(12)11-15)18(24)21-13-3-5-14(6-4-13)23-9-8-20-19(23)25/h2-7,10-11,22H,8-9H2,1H3,(H,20,25)(H,21,24). The van der Waals surface area contributed by atoms with E-state index in [9.17, 15) is 9.59 Å². The van der Waals surface area contributed by atoms with Crippen LogP contribution in [0.3, 0.4) is 0 Å². The van der Waals surface area contributed by atoms with Crippen LogP contribution in [0.1, 0.15) is 10.5 Å². The fraction of sp³-hybridized carbons (Fsp3) is 0.158. The van der Waals surface area contributed by atoms with Crippen molar-refractivity contribution in [1.29, 1.82) is 0 Å². The molecule has 1 saturated heterocycles. The summed E-state index contributed by atoms with van der Waals surface area (Å²) < 4.78 is 5.20. The number of amides is 3. The van der Waals surface area contributed by atoms with Gasteiger partial charge < -0.3 is 20.4 Å². The van der Waals surface area contributed by atoms with Crippen molar-refractivity contribution >= 4 is 34.2 Å². The van der Waals surface area contributed by atoms with Gasteiger partial charge in [-0.2, -0.15) is 0 Å². The smallest absolute Gasteiger partial charge is 0.321 e. The first-order chi connectivity index (χ1) is 12.6. The van der Waals surface area contributed by atoms with Gasteiger partial charge in [0, 0.05) is 41.4 Å². The van der Waals surface area contributed by atoms with E-state index in [4.69, 9.17) is 4.74 Å². The molecular formula is C19H18N4O3. The second kappa shape index (κ2) is 6.44. The zero-order chi connectivity index (χ0) is 18.1. The van der Waals surface area contributed by atoms with E-state index in [1.54, 1.807) is 30.2 Å². The van der Waals surface area contributed by atoms with E-state index >= 15 is 0 Å². The number of nitrogens with one attached hydrogen (secondary N) is 3. The number of fused-ring (bicyclic) bond motifs is 1. The average Bonchev–Trinajstić information content (AvgIpc) is 3.27. The van der Waals surface area contributed by atoms with Gasteiger partial charge in [0.2, 0.25) is 0 Å². The molecule has 0 bridgehead atoms. The van der Waals surface area contributed by atoms with Crippen molar-refractivity contribution in [1.82, 2.24) is 10.3 Å². The van der Waals surface area contributed by atoms with Crippen LogP contribution in [-0.2, 0) is 0 Å². The Hall–Kier alpha value is -3.48. The van der Waals surface area contributed by atoms with Crippen LogP contribution >= 0.6 is 0 Å². The number of aromatic amines is 1. The van der Waals surface area contributed by atoms with E-state index in [-0.39, 0.29) is 11.9 Å². The van der Waals surface area contributed by atoms with Crippen LogP contribution in [0.25, 0.3) is 10.9 Å². The van der Waals surface area contributed by atoms with Gasteiger partial charge in [-0.25, -0.2) is 4.79 Å². The fourth-order valence-electron chi connectivity index (χ4n) is 3.00. The molecule has 3 aromatic rings. The number of hydrogen-bond acceptors (Lipinski definition) is 3. The van der Waals surface area contributed by atoms with Crippen LogP contribution in [0.4, 0.5) is 16.2 Å². The Morgan fingerprint density at radius 3 is 2.65 bits per heavy atom. The third-order valence-electron chi connectivity index (χ3n) is 4.37. The Morgan fingerprint density at radius 2 is 1.96 bits per heavy atom. The molecule has 0 saturated carbocycles. The first-order valence-corrected chi connectivity index (χ1v) is 8.27. The minimum Gasteiger partial charge on any atom is -0.497 e. The third kappa shape index (κ3) is 2.95. The van der Waals surface area contributed by atoms with Gasteiger partial charge in [0.05, 0.1) is 7.11 Å². The minimum atomic E-state index is -0.230. The van der Waals surface area contributed by atoms with Crippen LogP contribution in [0.2, 0.25) is 0 Å². The zero-order valence-electron chi connectivity index (χ0n) is 14.2. The van der Waals surface area contributed by atoms with Crippen molar-refractivity contribution < 1.29 is 14.3 Å². The molecule has 2 aromatic carbocycles. The number of benzene rings is 2. The van der Waals surface area contributed by atoms with E-state index in [1.807, 2.05) is 30.3 Å². The quantitative estimate of drug-likeness (QED) is 0.676. The maximum absolute atomic E-state index is 12.5. The zero-order valence-corrected chi connectivity index (χ0v) is 14.2. The summed E-state index contributed by atoms with van der Waals surface area (Å²) in [6.07, 6.45) is 0. The molecule has 7 nitrogen and oxygen atoms in total. The number of methoxy groups -OCH3 is 1. The summed E-state index contributed by atoms with van der Waals surface area (Å²) in [6.45, 7) is 1.28. The van der Waals surface area contributed by atoms with Crippen molar-refractivity contribution in [2.45, 2.75) is 0 Å². The highest BCUT2D eigenvalue weighted by molar-refractivity contribution is 6.06. The largest absolute Gasteiger partial charge is 0.497 e. The fourth-order valence-corrected chi connectivity index (χ4v) is 3.00. The molecule has 0 unspecified atom stereocenters. The number of anilines is 2. The molecule has 26 heavy (non-hydrogen) atoms. The topological polar surface area (TPSA) is 86.5 Å². The normalized spacial score (nSPS) is 13.7. The Bertz CT molecular complexity index is 978. The summed E-state index contributed by atoms with van der Waals surface area (Å²) >= 11 is 0. The molecule has 0 aliphatic carbocycles. The molecule has 7 heteroatoms. The first-order valence-electron chi connectivity index (χ1n) is 8.27. The number of ether oxygens (including phenoxy) is 1. The summed E-state index contributed by atoms with van der Waals surface area (Å²) in [7, 11) is 1.60. The summed E-state index contributed by atoms with van der Waals surface area (Å²) in [5, 5.41) is 6.55. The van der Waals surface area contributed by atoms with Gasteiger partial charge in [0.1, 0.15) is 11.4 Å². The average molecular weight is 350 g/mol. The lowest BCUT2D eigenvalue weighted by atomic mass is 10.2. The van der Waals surface area contributed by atoms with Crippen molar-refractivity contribution in [2.75, 3.05) is 30.4 Å². The molecule has 3 amide bonds. The van der Waals surface area contributed by atoms with Gasteiger partial charge in [0.15, 0.2) is 0 Å². The van der Waals surface area contributed by atoms with Gasteiger partial charge in [-0.1, -0.05) is 0 Å². The lowest BCUT2D eigenvalue weighted by molar-refractivity contribution is 0.102. The first kappa shape index (κ1) is 16.0. The molecule has 1 fully saturated rings. The number of carbonyl (C=O) groups excluding carboxylic acids is 2. The van der Waals surface area contributed by atoms with Crippen molar-refractivity contribution in [3.05, 3.63) is 54.2 Å². The molecule has 1 aliphatic heterocycles. The van der Waals surface area contributed by atoms with Gasteiger partial charge in [0.25, 0.3) is 5.91 Å². The van der Waals surface area contributed by atoms with Crippen molar-refractivity contribution in [3.63, 3.8) is 0 Å². The van der Waals surface area contributed by atoms with Crippen molar-refractivity contribution in [2.24, 2.45) is 0 Å². The Morgan fingerprint density at radius 1 is 1.15 bits per heavy atom. The molecule has 132 valence electrons.